The van der Waals surface area contributed by atoms with Crippen molar-refractivity contribution in [1.82, 2.24) is 33.1 Å². The fraction of sp³-hybridized carbons (Fsp3) is 0.410. The van der Waals surface area contributed by atoms with Gasteiger partial charge >= 0.3 is 11.9 Å². The van der Waals surface area contributed by atoms with Gasteiger partial charge in [0.15, 0.2) is 5.65 Å². The van der Waals surface area contributed by atoms with Crippen molar-refractivity contribution in [2.45, 2.75) is 50.7 Å². The highest BCUT2D eigenvalue weighted by atomic mass is 35.5. The molecule has 7 rings (SSSR count). The van der Waals surface area contributed by atoms with E-state index in [9.17, 15) is 31.5 Å². The summed E-state index contributed by atoms with van der Waals surface area (Å²) in [5, 5.41) is 16.7. The van der Waals surface area contributed by atoms with Gasteiger partial charge < -0.3 is 14.9 Å². The standard InChI is InChI=1S/C39H42ClF3N8O4S/c1-46(2)35-14-13-34-37(44-35)51(38(53)47(34)3)29-15-18-48(19-16-29)22-30(52)23-50-33-17-20-49(56(4,54)55)24-31(33)36(45-50)27-9-12-32(39(41,42)43)26(21-27)8-5-25-6-10-28(40)11-7-25/h6-7,9-14,21,29-30,52H,15-20,22-24H2,1-4H3. The number of hydrogen-bond donors (Lipinski definition) is 1. The normalized spacial score (nSPS) is 16.4. The summed E-state index contributed by atoms with van der Waals surface area (Å²) in [7, 11) is 1.96. The van der Waals surface area contributed by atoms with Gasteiger partial charge in [0.2, 0.25) is 10.0 Å². The van der Waals surface area contributed by atoms with Crippen molar-refractivity contribution in [3.05, 3.63) is 98.1 Å². The number of anilines is 1. The topological polar surface area (TPSA) is 122 Å². The molecule has 0 amide bonds. The monoisotopic (exact) mass is 810 g/mol. The number of nitrogens with zero attached hydrogens (tertiary/aromatic N) is 8. The molecule has 0 bridgehead atoms. The average Bonchev–Trinajstić information content (AvgIpc) is 3.63. The van der Waals surface area contributed by atoms with Crippen LogP contribution in [0.25, 0.3) is 22.4 Å². The summed E-state index contributed by atoms with van der Waals surface area (Å²) in [6, 6.07) is 13.8. The third-order valence-electron chi connectivity index (χ3n) is 10.5. The highest BCUT2D eigenvalue weighted by molar-refractivity contribution is 7.88. The second kappa shape index (κ2) is 15.4. The number of rotatable bonds is 8. The summed E-state index contributed by atoms with van der Waals surface area (Å²) >= 11 is 5.96. The second-order valence-electron chi connectivity index (χ2n) is 14.6. The molecule has 1 saturated heterocycles. The van der Waals surface area contributed by atoms with Gasteiger partial charge in [-0.25, -0.2) is 18.2 Å². The summed E-state index contributed by atoms with van der Waals surface area (Å²) in [5.41, 5.74) is 2.55. The molecule has 296 valence electrons. The molecule has 0 radical (unpaired) electrons. The zero-order valence-corrected chi connectivity index (χ0v) is 33.0. The Morgan fingerprint density at radius 2 is 1.73 bits per heavy atom. The van der Waals surface area contributed by atoms with E-state index in [1.165, 1.54) is 16.4 Å². The lowest BCUT2D eigenvalue weighted by Gasteiger charge is -2.33. The first-order valence-corrected chi connectivity index (χ1v) is 20.4. The van der Waals surface area contributed by atoms with E-state index >= 15 is 0 Å². The Bertz CT molecular complexity index is 2510. The number of aliphatic hydroxyl groups is 1. The molecule has 5 aromatic rings. The quantitative estimate of drug-likeness (QED) is 0.223. The molecule has 1 N–H and O–H groups in total. The van der Waals surface area contributed by atoms with Gasteiger partial charge in [0.25, 0.3) is 0 Å². The summed E-state index contributed by atoms with van der Waals surface area (Å²) < 4.78 is 74.1. The van der Waals surface area contributed by atoms with Crippen LogP contribution in [0.15, 0.2) is 59.4 Å². The van der Waals surface area contributed by atoms with Crippen molar-refractivity contribution in [3.63, 3.8) is 0 Å². The third kappa shape index (κ3) is 8.10. The molecule has 17 heteroatoms. The number of aliphatic hydroxyl groups excluding tert-OH is 1. The van der Waals surface area contributed by atoms with Crippen molar-refractivity contribution in [2.75, 3.05) is 51.4 Å². The van der Waals surface area contributed by atoms with Crippen LogP contribution in [0, 0.1) is 11.8 Å². The summed E-state index contributed by atoms with van der Waals surface area (Å²) in [6.07, 6.45) is -2.76. The van der Waals surface area contributed by atoms with Gasteiger partial charge in [-0.1, -0.05) is 29.5 Å². The van der Waals surface area contributed by atoms with E-state index in [4.69, 9.17) is 21.7 Å². The van der Waals surface area contributed by atoms with E-state index in [1.807, 2.05) is 31.1 Å². The Balaban J connectivity index is 1.13. The van der Waals surface area contributed by atoms with E-state index < -0.39 is 27.9 Å². The molecule has 12 nitrogen and oxygen atoms in total. The van der Waals surface area contributed by atoms with Gasteiger partial charge in [-0.3, -0.25) is 13.8 Å². The maximum absolute atomic E-state index is 14.2. The number of piperidine rings is 1. The number of fused-ring (bicyclic) bond motifs is 2. The molecule has 1 atom stereocenters. The first-order valence-electron chi connectivity index (χ1n) is 18.2. The predicted molar refractivity (Wildman–Crippen MR) is 209 cm³/mol. The number of sulfonamides is 1. The van der Waals surface area contributed by atoms with Crippen LogP contribution in [0.2, 0.25) is 5.02 Å². The third-order valence-corrected chi connectivity index (χ3v) is 12.0. The lowest BCUT2D eigenvalue weighted by molar-refractivity contribution is -0.137. The van der Waals surface area contributed by atoms with Crippen LogP contribution in [0.1, 0.15) is 46.8 Å². The second-order valence-corrected chi connectivity index (χ2v) is 17.0. The van der Waals surface area contributed by atoms with Crippen LogP contribution in [0.3, 0.4) is 0 Å². The lowest BCUT2D eigenvalue weighted by atomic mass is 9.97. The number of halogens is 4. The molecule has 2 aliphatic heterocycles. The van der Waals surface area contributed by atoms with Crippen molar-refractivity contribution in [1.29, 1.82) is 0 Å². The Kier molecular flexibility index (Phi) is 10.8. The minimum atomic E-state index is -4.68. The number of imidazole rings is 1. The zero-order valence-electron chi connectivity index (χ0n) is 31.4. The van der Waals surface area contributed by atoms with Gasteiger partial charge in [-0.2, -0.15) is 22.6 Å². The summed E-state index contributed by atoms with van der Waals surface area (Å²) in [4.78, 5) is 22.1. The fourth-order valence-electron chi connectivity index (χ4n) is 7.57. The Morgan fingerprint density at radius 3 is 2.39 bits per heavy atom. The van der Waals surface area contributed by atoms with Crippen molar-refractivity contribution >= 4 is 38.6 Å². The minimum absolute atomic E-state index is 0.0155. The van der Waals surface area contributed by atoms with Gasteiger partial charge in [0.1, 0.15) is 5.82 Å². The highest BCUT2D eigenvalue weighted by Gasteiger charge is 2.35. The van der Waals surface area contributed by atoms with Gasteiger partial charge in [-0.05, 0) is 61.4 Å². The maximum Gasteiger partial charge on any atom is 0.417 e. The molecule has 1 unspecified atom stereocenters. The molecule has 2 aliphatic rings. The minimum Gasteiger partial charge on any atom is -0.390 e. The molecule has 3 aromatic heterocycles. The first kappa shape index (κ1) is 39.6. The summed E-state index contributed by atoms with van der Waals surface area (Å²) in [6.45, 7) is 1.86. The molecular formula is C39H42ClF3N8O4S. The fourth-order valence-corrected chi connectivity index (χ4v) is 8.48. The molecule has 0 spiro atoms. The molecule has 0 saturated carbocycles. The predicted octanol–water partition coefficient (Wildman–Crippen LogP) is 4.75. The number of aromatic nitrogens is 5. The Hall–Kier alpha value is -4.66. The van der Waals surface area contributed by atoms with Gasteiger partial charge in [-0.15, -0.1) is 0 Å². The van der Waals surface area contributed by atoms with Crippen molar-refractivity contribution in [2.24, 2.45) is 7.05 Å². The number of β-amino-alcohol motifs (C(OH)–C–C–N with tert-alkyl or cyclic N) is 1. The smallest absolute Gasteiger partial charge is 0.390 e. The number of pyridine rings is 1. The van der Waals surface area contributed by atoms with Crippen LogP contribution in [-0.2, 0) is 42.8 Å². The number of aryl methyl sites for hydroxylation is 1. The van der Waals surface area contributed by atoms with E-state index in [2.05, 4.69) is 16.7 Å². The molecular weight excluding hydrogens is 769 g/mol. The van der Waals surface area contributed by atoms with E-state index in [-0.39, 0.29) is 36.9 Å². The number of hydrogen-bond acceptors (Lipinski definition) is 8. The van der Waals surface area contributed by atoms with Crippen LogP contribution < -0.4 is 10.6 Å². The summed E-state index contributed by atoms with van der Waals surface area (Å²) in [5.74, 6) is 6.21. The maximum atomic E-state index is 14.2. The first-order chi connectivity index (χ1) is 26.5. The van der Waals surface area contributed by atoms with Crippen molar-refractivity contribution < 1.29 is 26.7 Å². The van der Waals surface area contributed by atoms with Crippen LogP contribution in [0.4, 0.5) is 19.0 Å². The number of likely N-dealkylation sites (tertiary alicyclic amines) is 1. The number of alkyl halides is 3. The van der Waals surface area contributed by atoms with E-state index in [1.54, 1.807) is 45.1 Å². The van der Waals surface area contributed by atoms with Gasteiger partial charge in [0.05, 0.1) is 35.7 Å². The van der Waals surface area contributed by atoms with Crippen LogP contribution >= 0.6 is 11.6 Å². The SMILES string of the molecule is CN(C)c1ccc2c(n1)n(C1CCN(CC(O)Cn3nc(-c4ccc(C(F)(F)F)c(C#Cc5ccc(Cl)cc5)c4)c4c3CCN(S(C)(=O)=O)C4)CC1)c(=O)n2C. The highest BCUT2D eigenvalue weighted by Crippen LogP contribution is 2.37. The molecule has 2 aromatic carbocycles. The average molecular weight is 811 g/mol. The Morgan fingerprint density at radius 1 is 1.02 bits per heavy atom. The largest absolute Gasteiger partial charge is 0.417 e. The van der Waals surface area contributed by atoms with Crippen LogP contribution in [0.5, 0.6) is 0 Å². The van der Waals surface area contributed by atoms with Crippen LogP contribution in [-0.4, -0.2) is 99.3 Å². The van der Waals surface area contributed by atoms with E-state index in [0.29, 0.717) is 77.6 Å². The molecule has 1 fully saturated rings. The molecule has 0 aliphatic carbocycles. The zero-order chi connectivity index (χ0) is 40.1. The lowest BCUT2D eigenvalue weighted by Crippen LogP contribution is -2.42. The van der Waals surface area contributed by atoms with E-state index in [0.717, 1.165) is 23.7 Å². The number of benzene rings is 2. The molecule has 5 heterocycles. The molecule has 56 heavy (non-hydrogen) atoms. The Labute approximate surface area is 327 Å². The van der Waals surface area contributed by atoms with Crippen molar-refractivity contribution in [3.8, 4) is 23.1 Å². The van der Waals surface area contributed by atoms with Gasteiger partial charge in [0, 0.05) is 99.3 Å².